The van der Waals surface area contributed by atoms with Crippen LogP contribution in [0.15, 0.2) is 18.2 Å². The molecule has 0 saturated heterocycles. The smallest absolute Gasteiger partial charge is 0.369 e. The molecule has 23 heavy (non-hydrogen) atoms. The molecule has 0 fully saturated rings. The van der Waals surface area contributed by atoms with Crippen molar-refractivity contribution in [2.45, 2.75) is 20.4 Å². The van der Waals surface area contributed by atoms with E-state index in [0.717, 1.165) is 22.9 Å². The predicted molar refractivity (Wildman–Crippen MR) is 75.4 cm³/mol. The first-order valence-electron chi connectivity index (χ1n) is 6.52. The van der Waals surface area contributed by atoms with E-state index in [4.69, 9.17) is 10.00 Å². The van der Waals surface area contributed by atoms with Crippen LogP contribution < -0.4 is 4.74 Å². The van der Waals surface area contributed by atoms with E-state index in [-0.39, 0.29) is 29.2 Å². The molecule has 0 atom stereocenters. The van der Waals surface area contributed by atoms with Gasteiger partial charge in [-0.15, -0.1) is 0 Å². The molecule has 0 N–H and O–H groups in total. The number of carbonyl (C=O) groups excluding carboxylic acids is 1. The second kappa shape index (κ2) is 6.23. The molecule has 118 valence electrons. The van der Waals surface area contributed by atoms with Gasteiger partial charge in [-0.05, 0) is 26.0 Å². The molecule has 1 aromatic carbocycles. The molecular weight excluding hydrogens is 307 g/mol. The van der Waals surface area contributed by atoms with Gasteiger partial charge in [0.1, 0.15) is 23.3 Å². The molecule has 2 rings (SSSR count). The van der Waals surface area contributed by atoms with Crippen LogP contribution in [0.25, 0.3) is 0 Å². The third-order valence-corrected chi connectivity index (χ3v) is 3.04. The van der Waals surface area contributed by atoms with Crippen molar-refractivity contribution in [1.29, 1.82) is 5.26 Å². The van der Waals surface area contributed by atoms with E-state index in [9.17, 15) is 19.3 Å². The Bertz CT molecular complexity index is 838. The fraction of sp³-hybridized carbons (Fsp3) is 0.214. The van der Waals surface area contributed by atoms with Gasteiger partial charge in [-0.1, -0.05) is 0 Å². The Kier molecular flexibility index (Phi) is 4.36. The Morgan fingerprint density at radius 1 is 1.57 bits per heavy atom. The van der Waals surface area contributed by atoms with Crippen molar-refractivity contribution in [2.24, 2.45) is 0 Å². The first-order chi connectivity index (χ1) is 10.9. The molecule has 0 aliphatic rings. The number of nitrogens with zero attached hydrogens (tertiary/aromatic N) is 4. The number of esters is 1. The van der Waals surface area contributed by atoms with Gasteiger partial charge in [0.25, 0.3) is 0 Å². The number of hydrogen-bond acceptors (Lipinski definition) is 6. The third-order valence-electron chi connectivity index (χ3n) is 3.04. The zero-order valence-corrected chi connectivity index (χ0v) is 12.2. The fourth-order valence-corrected chi connectivity index (χ4v) is 2.03. The summed E-state index contributed by atoms with van der Waals surface area (Å²) in [5.74, 6) is -1.86. The summed E-state index contributed by atoms with van der Waals surface area (Å²) in [7, 11) is 0. The molecule has 0 aliphatic heterocycles. The summed E-state index contributed by atoms with van der Waals surface area (Å²) in [5.41, 5.74) is -0.970. The molecule has 1 aromatic heterocycles. The largest absolute Gasteiger partial charge is 0.422 e. The molecule has 0 spiro atoms. The van der Waals surface area contributed by atoms with Gasteiger partial charge < -0.3 is 4.74 Å². The van der Waals surface area contributed by atoms with E-state index < -0.39 is 22.4 Å². The van der Waals surface area contributed by atoms with Crippen molar-refractivity contribution >= 4 is 11.7 Å². The Morgan fingerprint density at radius 3 is 2.83 bits per heavy atom. The normalized spacial score (nSPS) is 10.2. The van der Waals surface area contributed by atoms with Crippen LogP contribution in [-0.2, 0) is 6.54 Å². The van der Waals surface area contributed by atoms with Gasteiger partial charge in [-0.3, -0.25) is 14.8 Å². The van der Waals surface area contributed by atoms with Crippen LogP contribution in [0.5, 0.6) is 5.75 Å². The van der Waals surface area contributed by atoms with Gasteiger partial charge in [-0.2, -0.15) is 10.4 Å². The number of nitro groups is 1. The summed E-state index contributed by atoms with van der Waals surface area (Å²) in [6.45, 7) is 3.30. The van der Waals surface area contributed by atoms with Gasteiger partial charge in [-0.25, -0.2) is 9.18 Å². The number of hydrogen-bond donors (Lipinski definition) is 0. The molecule has 2 aromatic rings. The zero-order valence-electron chi connectivity index (χ0n) is 12.2. The maximum atomic E-state index is 13.3. The van der Waals surface area contributed by atoms with E-state index in [0.29, 0.717) is 0 Å². The number of ether oxygens (including phenoxy) is 1. The van der Waals surface area contributed by atoms with Crippen LogP contribution in [0, 0.1) is 34.2 Å². The van der Waals surface area contributed by atoms with Crippen LogP contribution in [0.3, 0.4) is 0 Å². The zero-order chi connectivity index (χ0) is 17.1. The number of benzene rings is 1. The summed E-state index contributed by atoms with van der Waals surface area (Å²) in [6.07, 6.45) is 0. The second-order valence-corrected chi connectivity index (χ2v) is 4.50. The van der Waals surface area contributed by atoms with Crippen molar-refractivity contribution in [1.82, 2.24) is 9.78 Å². The average molecular weight is 318 g/mol. The number of nitriles is 1. The first kappa shape index (κ1) is 16.1. The Hall–Kier alpha value is -3.28. The van der Waals surface area contributed by atoms with Gasteiger partial charge in [0.15, 0.2) is 0 Å². The van der Waals surface area contributed by atoms with Crippen molar-refractivity contribution in [2.75, 3.05) is 0 Å². The molecule has 0 saturated carbocycles. The lowest BCUT2D eigenvalue weighted by Crippen LogP contribution is -2.16. The van der Waals surface area contributed by atoms with Crippen LogP contribution in [0.2, 0.25) is 0 Å². The quantitative estimate of drug-likeness (QED) is 0.370. The summed E-state index contributed by atoms with van der Waals surface area (Å²) >= 11 is 0. The second-order valence-electron chi connectivity index (χ2n) is 4.50. The lowest BCUT2D eigenvalue weighted by Gasteiger charge is -2.06. The minimum Gasteiger partial charge on any atom is -0.422 e. The fourth-order valence-electron chi connectivity index (χ4n) is 2.03. The molecule has 9 heteroatoms. The van der Waals surface area contributed by atoms with Crippen LogP contribution in [0.4, 0.5) is 10.1 Å². The van der Waals surface area contributed by atoms with Gasteiger partial charge >= 0.3 is 11.7 Å². The molecule has 0 aliphatic carbocycles. The van der Waals surface area contributed by atoms with Crippen molar-refractivity contribution in [3.63, 3.8) is 0 Å². The minimum absolute atomic E-state index is 0.0839. The number of carbonyl (C=O) groups is 1. The topological polar surface area (TPSA) is 111 Å². The Labute approximate surface area is 129 Å². The van der Waals surface area contributed by atoms with E-state index in [1.165, 1.54) is 6.92 Å². The summed E-state index contributed by atoms with van der Waals surface area (Å²) < 4.78 is 19.4. The van der Waals surface area contributed by atoms with E-state index in [2.05, 4.69) is 5.10 Å². The molecular formula is C14H11FN4O4. The average Bonchev–Trinajstić information content (AvgIpc) is 2.86. The monoisotopic (exact) mass is 318 g/mol. The molecule has 0 amide bonds. The van der Waals surface area contributed by atoms with E-state index >= 15 is 0 Å². The molecule has 8 nitrogen and oxygen atoms in total. The highest BCUT2D eigenvalue weighted by molar-refractivity contribution is 5.94. The molecule has 1 heterocycles. The number of rotatable bonds is 4. The maximum absolute atomic E-state index is 13.3. The number of aromatic nitrogens is 2. The van der Waals surface area contributed by atoms with Gasteiger partial charge in [0.05, 0.1) is 10.5 Å². The highest BCUT2D eigenvalue weighted by Gasteiger charge is 2.31. The van der Waals surface area contributed by atoms with Crippen LogP contribution in [0.1, 0.15) is 28.7 Å². The van der Waals surface area contributed by atoms with Gasteiger partial charge in [0.2, 0.25) is 5.69 Å². The number of aryl methyl sites for hydroxylation is 2. The maximum Gasteiger partial charge on any atom is 0.369 e. The van der Waals surface area contributed by atoms with Crippen molar-refractivity contribution in [3.8, 4) is 11.8 Å². The number of halogens is 1. The van der Waals surface area contributed by atoms with Crippen LogP contribution in [-0.4, -0.2) is 20.7 Å². The summed E-state index contributed by atoms with van der Waals surface area (Å²) in [4.78, 5) is 22.7. The van der Waals surface area contributed by atoms with Crippen LogP contribution >= 0.6 is 0 Å². The summed E-state index contributed by atoms with van der Waals surface area (Å²) in [5, 5.41) is 23.8. The predicted octanol–water partition coefficient (Wildman–Crippen LogP) is 2.35. The summed E-state index contributed by atoms with van der Waals surface area (Å²) in [6, 6.07) is 4.78. The standard InChI is InChI=1S/C14H11FN4O4/c1-3-18-13(12(19(21)22)8(2)17-18)14(20)23-10-4-5-11(15)9(6-10)7-16/h4-6H,3H2,1-2H3. The minimum atomic E-state index is -1.00. The van der Waals surface area contributed by atoms with Crippen molar-refractivity contribution in [3.05, 3.63) is 51.1 Å². The highest BCUT2D eigenvalue weighted by atomic mass is 19.1. The Morgan fingerprint density at radius 2 is 2.26 bits per heavy atom. The van der Waals surface area contributed by atoms with E-state index in [1.54, 1.807) is 13.0 Å². The SMILES string of the molecule is CCn1nc(C)c([N+](=O)[O-])c1C(=O)Oc1ccc(F)c(C#N)c1. The molecule has 0 unspecified atom stereocenters. The third kappa shape index (κ3) is 3.01. The van der Waals surface area contributed by atoms with Crippen molar-refractivity contribution < 1.29 is 18.8 Å². The highest BCUT2D eigenvalue weighted by Crippen LogP contribution is 2.25. The lowest BCUT2D eigenvalue weighted by molar-refractivity contribution is -0.385. The van der Waals surface area contributed by atoms with Gasteiger partial charge in [0, 0.05) is 12.6 Å². The molecule has 0 radical (unpaired) electrons. The lowest BCUT2D eigenvalue weighted by atomic mass is 10.2. The van der Waals surface area contributed by atoms with E-state index in [1.807, 2.05) is 0 Å². The Balaban J connectivity index is 2.42. The molecule has 0 bridgehead atoms. The first-order valence-corrected chi connectivity index (χ1v) is 6.52.